The van der Waals surface area contributed by atoms with Crippen molar-refractivity contribution < 1.29 is 19.1 Å². The van der Waals surface area contributed by atoms with Crippen LogP contribution in [0.3, 0.4) is 0 Å². The smallest absolute Gasteiger partial charge is 0.343 e. The summed E-state index contributed by atoms with van der Waals surface area (Å²) in [5, 5.41) is 0. The van der Waals surface area contributed by atoms with Crippen LogP contribution in [0.1, 0.15) is 26.3 Å². The lowest BCUT2D eigenvalue weighted by Crippen LogP contribution is -2.08. The predicted molar refractivity (Wildman–Crippen MR) is 104 cm³/mol. The maximum atomic E-state index is 12.3. The van der Waals surface area contributed by atoms with E-state index in [0.717, 1.165) is 11.3 Å². The van der Waals surface area contributed by atoms with E-state index in [2.05, 4.69) is 0 Å². The molecule has 0 heterocycles. The van der Waals surface area contributed by atoms with E-state index in [-0.39, 0.29) is 5.78 Å². The third kappa shape index (κ3) is 4.92. The summed E-state index contributed by atoms with van der Waals surface area (Å²) in [6.07, 6.45) is 3.25. The van der Waals surface area contributed by atoms with Gasteiger partial charge < -0.3 is 9.47 Å². The average molecular weight is 358 g/mol. The first-order valence-electron chi connectivity index (χ1n) is 8.39. The number of rotatable bonds is 6. The van der Waals surface area contributed by atoms with Crippen molar-refractivity contribution in [3.8, 4) is 11.5 Å². The van der Waals surface area contributed by atoms with Crippen molar-refractivity contribution in [1.29, 1.82) is 0 Å². The fourth-order valence-corrected chi connectivity index (χ4v) is 2.41. The van der Waals surface area contributed by atoms with Gasteiger partial charge in [-0.2, -0.15) is 0 Å². The lowest BCUT2D eigenvalue weighted by atomic mass is 10.1. The SMILES string of the molecule is COc1ccc(/C=C/C(=O)c2ccc(OC(=O)c3ccccc3)cc2)cc1. The molecular weight excluding hydrogens is 340 g/mol. The second kappa shape index (κ2) is 8.63. The van der Waals surface area contributed by atoms with E-state index in [0.29, 0.717) is 16.9 Å². The van der Waals surface area contributed by atoms with Gasteiger partial charge in [0.25, 0.3) is 0 Å². The molecule has 3 aromatic carbocycles. The number of esters is 1. The van der Waals surface area contributed by atoms with Crippen LogP contribution < -0.4 is 9.47 Å². The first-order valence-corrected chi connectivity index (χ1v) is 8.39. The third-order valence-corrected chi connectivity index (χ3v) is 3.90. The van der Waals surface area contributed by atoms with Gasteiger partial charge in [-0.25, -0.2) is 4.79 Å². The summed E-state index contributed by atoms with van der Waals surface area (Å²) in [7, 11) is 1.61. The lowest BCUT2D eigenvalue weighted by molar-refractivity contribution is 0.0734. The van der Waals surface area contributed by atoms with Crippen LogP contribution >= 0.6 is 0 Å². The van der Waals surface area contributed by atoms with E-state index in [4.69, 9.17) is 9.47 Å². The van der Waals surface area contributed by atoms with Gasteiger partial charge in [0.15, 0.2) is 5.78 Å². The van der Waals surface area contributed by atoms with Crippen molar-refractivity contribution in [3.05, 3.63) is 102 Å². The highest BCUT2D eigenvalue weighted by molar-refractivity contribution is 6.06. The average Bonchev–Trinajstić information content (AvgIpc) is 2.73. The van der Waals surface area contributed by atoms with E-state index >= 15 is 0 Å². The molecule has 0 spiro atoms. The van der Waals surface area contributed by atoms with Crippen molar-refractivity contribution in [1.82, 2.24) is 0 Å². The molecule has 0 bridgehead atoms. The minimum atomic E-state index is -0.436. The monoisotopic (exact) mass is 358 g/mol. The Hall–Kier alpha value is -3.66. The van der Waals surface area contributed by atoms with Crippen LogP contribution in [0.15, 0.2) is 84.9 Å². The van der Waals surface area contributed by atoms with E-state index in [9.17, 15) is 9.59 Å². The lowest BCUT2D eigenvalue weighted by Gasteiger charge is -2.05. The normalized spacial score (nSPS) is 10.6. The number of ether oxygens (including phenoxy) is 2. The Balaban J connectivity index is 1.63. The van der Waals surface area contributed by atoms with Crippen molar-refractivity contribution >= 4 is 17.8 Å². The molecule has 0 amide bonds. The molecule has 134 valence electrons. The number of ketones is 1. The van der Waals surface area contributed by atoms with Gasteiger partial charge in [-0.3, -0.25) is 4.79 Å². The first-order chi connectivity index (χ1) is 13.2. The Labute approximate surface area is 157 Å². The van der Waals surface area contributed by atoms with Crippen LogP contribution in [0.4, 0.5) is 0 Å². The highest BCUT2D eigenvalue weighted by atomic mass is 16.5. The van der Waals surface area contributed by atoms with Crippen LogP contribution in [0.5, 0.6) is 11.5 Å². The maximum absolute atomic E-state index is 12.3. The number of hydrogen-bond acceptors (Lipinski definition) is 4. The van der Waals surface area contributed by atoms with Gasteiger partial charge in [0, 0.05) is 5.56 Å². The maximum Gasteiger partial charge on any atom is 0.343 e. The minimum absolute atomic E-state index is 0.133. The standard InChI is InChI=1S/C23H18O4/c1-26-20-12-7-17(8-13-20)9-16-22(24)18-10-14-21(15-11-18)27-23(25)19-5-3-2-4-6-19/h2-16H,1H3/b16-9+. The van der Waals surface area contributed by atoms with Crippen LogP contribution in [0, 0.1) is 0 Å². The van der Waals surface area contributed by atoms with Crippen LogP contribution in [0.2, 0.25) is 0 Å². The molecule has 0 aromatic heterocycles. The number of carbonyl (C=O) groups excluding carboxylic acids is 2. The number of hydrogen-bond donors (Lipinski definition) is 0. The summed E-state index contributed by atoms with van der Waals surface area (Å²) in [5.74, 6) is 0.583. The Morgan fingerprint density at radius 3 is 2.00 bits per heavy atom. The minimum Gasteiger partial charge on any atom is -0.497 e. The molecule has 0 aliphatic carbocycles. The Kier molecular flexibility index (Phi) is 5.80. The number of benzene rings is 3. The summed E-state index contributed by atoms with van der Waals surface area (Å²) in [6, 6.07) is 22.6. The zero-order valence-electron chi connectivity index (χ0n) is 14.8. The quantitative estimate of drug-likeness (QED) is 0.275. The molecule has 0 fully saturated rings. The van der Waals surface area contributed by atoms with Gasteiger partial charge in [-0.15, -0.1) is 0 Å². The zero-order valence-corrected chi connectivity index (χ0v) is 14.8. The van der Waals surface area contributed by atoms with E-state index < -0.39 is 5.97 Å². The summed E-state index contributed by atoms with van der Waals surface area (Å²) < 4.78 is 10.4. The molecule has 27 heavy (non-hydrogen) atoms. The number of carbonyl (C=O) groups is 2. The third-order valence-electron chi connectivity index (χ3n) is 3.90. The Morgan fingerprint density at radius 2 is 1.37 bits per heavy atom. The largest absolute Gasteiger partial charge is 0.497 e. The van der Waals surface area contributed by atoms with Crippen molar-refractivity contribution in [2.24, 2.45) is 0 Å². The molecule has 0 saturated heterocycles. The molecule has 4 nitrogen and oxygen atoms in total. The Morgan fingerprint density at radius 1 is 0.741 bits per heavy atom. The molecule has 0 saturated carbocycles. The molecule has 0 radical (unpaired) electrons. The summed E-state index contributed by atoms with van der Waals surface area (Å²) in [5.41, 5.74) is 1.89. The molecule has 3 aromatic rings. The second-order valence-corrected chi connectivity index (χ2v) is 5.75. The fraction of sp³-hybridized carbons (Fsp3) is 0.0435. The van der Waals surface area contributed by atoms with E-state index in [1.165, 1.54) is 6.08 Å². The van der Waals surface area contributed by atoms with Gasteiger partial charge >= 0.3 is 5.97 Å². The Bertz CT molecular complexity index is 940. The molecule has 3 rings (SSSR count). The van der Waals surface area contributed by atoms with Crippen molar-refractivity contribution in [3.63, 3.8) is 0 Å². The van der Waals surface area contributed by atoms with E-state index in [1.54, 1.807) is 61.7 Å². The molecule has 0 aliphatic rings. The zero-order chi connectivity index (χ0) is 19.1. The van der Waals surface area contributed by atoms with Gasteiger partial charge in [-0.05, 0) is 60.2 Å². The summed E-state index contributed by atoms with van der Waals surface area (Å²) >= 11 is 0. The van der Waals surface area contributed by atoms with Crippen molar-refractivity contribution in [2.45, 2.75) is 0 Å². The molecule has 4 heteroatoms. The van der Waals surface area contributed by atoms with Crippen LogP contribution in [-0.2, 0) is 0 Å². The van der Waals surface area contributed by atoms with Crippen LogP contribution in [0.25, 0.3) is 6.08 Å². The molecule has 0 N–H and O–H groups in total. The van der Waals surface area contributed by atoms with Gasteiger partial charge in [0.05, 0.1) is 12.7 Å². The van der Waals surface area contributed by atoms with Gasteiger partial charge in [0.2, 0.25) is 0 Å². The summed E-state index contributed by atoms with van der Waals surface area (Å²) in [4.78, 5) is 24.3. The topological polar surface area (TPSA) is 52.6 Å². The molecule has 0 aliphatic heterocycles. The molecule has 0 unspecified atom stereocenters. The van der Waals surface area contributed by atoms with E-state index in [1.807, 2.05) is 30.3 Å². The molecule has 0 atom stereocenters. The second-order valence-electron chi connectivity index (χ2n) is 5.75. The highest BCUT2D eigenvalue weighted by Gasteiger charge is 2.08. The first kappa shape index (κ1) is 18.1. The van der Waals surface area contributed by atoms with Gasteiger partial charge in [0.1, 0.15) is 11.5 Å². The molecular formula is C23H18O4. The summed E-state index contributed by atoms with van der Waals surface area (Å²) in [6.45, 7) is 0. The van der Waals surface area contributed by atoms with Crippen LogP contribution in [-0.4, -0.2) is 18.9 Å². The van der Waals surface area contributed by atoms with Crippen molar-refractivity contribution in [2.75, 3.05) is 7.11 Å². The predicted octanol–water partition coefficient (Wildman–Crippen LogP) is 4.81. The highest BCUT2D eigenvalue weighted by Crippen LogP contribution is 2.16. The van der Waals surface area contributed by atoms with Gasteiger partial charge in [-0.1, -0.05) is 36.4 Å². The number of allylic oxidation sites excluding steroid dienone is 1. The number of methoxy groups -OCH3 is 1. The fourth-order valence-electron chi connectivity index (χ4n) is 2.41.